The average molecular weight is 252 g/mol. The summed E-state index contributed by atoms with van der Waals surface area (Å²) in [6, 6.07) is 3.51. The van der Waals surface area contributed by atoms with Crippen molar-refractivity contribution in [2.75, 3.05) is 38.8 Å². The summed E-state index contributed by atoms with van der Waals surface area (Å²) in [5, 5.41) is 3.13. The van der Waals surface area contributed by atoms with Crippen molar-refractivity contribution in [1.29, 1.82) is 0 Å². The fraction of sp³-hybridized carbons (Fsp3) is 0.500. The van der Waals surface area contributed by atoms with Crippen molar-refractivity contribution in [2.45, 2.75) is 13.0 Å². The number of likely N-dealkylation sites (N-methyl/N-ethyl adjacent to an activating group) is 1. The Balaban J connectivity index is 2.78. The number of esters is 1. The van der Waals surface area contributed by atoms with E-state index in [2.05, 4.69) is 26.9 Å². The standard InChI is InChI=1S/C12H20N4O2/c1-8(16(2)3)7-14-11-9(13)5-6-10(15-11)12(17)18-4/h5-6,8H,7,13H2,1-4H3,(H,14,15). The number of carbonyl (C=O) groups excluding carboxylic acids is 1. The van der Waals surface area contributed by atoms with Gasteiger partial charge >= 0.3 is 5.97 Å². The molecule has 0 aromatic carbocycles. The summed E-state index contributed by atoms with van der Waals surface area (Å²) in [5.41, 5.74) is 6.55. The first kappa shape index (κ1) is 14.2. The van der Waals surface area contributed by atoms with Gasteiger partial charge in [-0.1, -0.05) is 0 Å². The molecule has 3 N–H and O–H groups in total. The first-order valence-electron chi connectivity index (χ1n) is 5.70. The molecule has 1 atom stereocenters. The number of aromatic nitrogens is 1. The van der Waals surface area contributed by atoms with Crippen molar-refractivity contribution in [3.05, 3.63) is 17.8 Å². The third kappa shape index (κ3) is 3.59. The topological polar surface area (TPSA) is 80.5 Å². The maximum absolute atomic E-state index is 11.4. The van der Waals surface area contributed by atoms with Crippen LogP contribution in [0.25, 0.3) is 0 Å². The molecule has 1 aromatic rings. The van der Waals surface area contributed by atoms with Gasteiger partial charge in [-0.3, -0.25) is 0 Å². The number of anilines is 2. The summed E-state index contributed by atoms with van der Waals surface area (Å²) in [4.78, 5) is 17.6. The van der Waals surface area contributed by atoms with Gasteiger partial charge in [0, 0.05) is 12.6 Å². The van der Waals surface area contributed by atoms with Gasteiger partial charge in [-0.05, 0) is 33.2 Å². The van der Waals surface area contributed by atoms with Gasteiger partial charge in [-0.2, -0.15) is 0 Å². The number of nitrogens with two attached hydrogens (primary N) is 1. The minimum Gasteiger partial charge on any atom is -0.464 e. The number of carbonyl (C=O) groups is 1. The summed E-state index contributed by atoms with van der Waals surface area (Å²) in [6.07, 6.45) is 0. The Bertz CT molecular complexity index is 421. The van der Waals surface area contributed by atoms with E-state index in [1.807, 2.05) is 14.1 Å². The molecule has 1 rings (SSSR count). The second-order valence-electron chi connectivity index (χ2n) is 4.32. The zero-order chi connectivity index (χ0) is 13.7. The Hall–Kier alpha value is -1.82. The van der Waals surface area contributed by atoms with Crippen LogP contribution in [0.5, 0.6) is 0 Å². The summed E-state index contributed by atoms with van der Waals surface area (Å²) >= 11 is 0. The lowest BCUT2D eigenvalue weighted by Crippen LogP contribution is -2.32. The molecule has 0 aliphatic carbocycles. The van der Waals surface area contributed by atoms with E-state index >= 15 is 0 Å². The largest absolute Gasteiger partial charge is 0.464 e. The molecule has 100 valence electrons. The molecule has 6 nitrogen and oxygen atoms in total. The van der Waals surface area contributed by atoms with Crippen LogP contribution in [0.4, 0.5) is 11.5 Å². The number of methoxy groups -OCH3 is 1. The SMILES string of the molecule is COC(=O)c1ccc(N)c(NCC(C)N(C)C)n1. The van der Waals surface area contributed by atoms with E-state index in [0.717, 1.165) is 0 Å². The molecule has 0 spiro atoms. The van der Waals surface area contributed by atoms with Crippen LogP contribution in [0.1, 0.15) is 17.4 Å². The smallest absolute Gasteiger partial charge is 0.356 e. The Morgan fingerprint density at radius 2 is 2.22 bits per heavy atom. The minimum absolute atomic E-state index is 0.242. The number of nitrogen functional groups attached to an aromatic ring is 1. The van der Waals surface area contributed by atoms with Crippen LogP contribution >= 0.6 is 0 Å². The lowest BCUT2D eigenvalue weighted by molar-refractivity contribution is 0.0594. The monoisotopic (exact) mass is 252 g/mol. The number of hydrogen-bond donors (Lipinski definition) is 2. The second kappa shape index (κ2) is 6.20. The first-order valence-corrected chi connectivity index (χ1v) is 5.70. The first-order chi connectivity index (χ1) is 8.45. The zero-order valence-corrected chi connectivity index (χ0v) is 11.2. The lowest BCUT2D eigenvalue weighted by atomic mass is 10.3. The van der Waals surface area contributed by atoms with Crippen molar-refractivity contribution >= 4 is 17.5 Å². The highest BCUT2D eigenvalue weighted by Crippen LogP contribution is 2.16. The van der Waals surface area contributed by atoms with Crippen molar-refractivity contribution in [2.24, 2.45) is 0 Å². The molecular formula is C12H20N4O2. The zero-order valence-electron chi connectivity index (χ0n) is 11.2. The van der Waals surface area contributed by atoms with Crippen molar-refractivity contribution in [3.63, 3.8) is 0 Å². The minimum atomic E-state index is -0.473. The van der Waals surface area contributed by atoms with Gasteiger partial charge in [-0.25, -0.2) is 9.78 Å². The molecule has 1 unspecified atom stereocenters. The predicted octanol–water partition coefficient (Wildman–Crippen LogP) is 0.812. The number of pyridine rings is 1. The van der Waals surface area contributed by atoms with Gasteiger partial charge in [0.2, 0.25) is 0 Å². The molecule has 0 saturated carbocycles. The van der Waals surface area contributed by atoms with Gasteiger partial charge in [0.15, 0.2) is 5.69 Å². The highest BCUT2D eigenvalue weighted by Gasteiger charge is 2.11. The number of nitrogens with one attached hydrogen (secondary N) is 1. The molecular weight excluding hydrogens is 232 g/mol. The van der Waals surface area contributed by atoms with Crippen LogP contribution in [0.2, 0.25) is 0 Å². The van der Waals surface area contributed by atoms with E-state index in [0.29, 0.717) is 24.1 Å². The molecule has 1 heterocycles. The Morgan fingerprint density at radius 3 is 2.78 bits per heavy atom. The van der Waals surface area contributed by atoms with E-state index in [1.54, 1.807) is 12.1 Å². The second-order valence-corrected chi connectivity index (χ2v) is 4.32. The third-order valence-corrected chi connectivity index (χ3v) is 2.77. The van der Waals surface area contributed by atoms with Gasteiger partial charge in [0.25, 0.3) is 0 Å². The molecule has 0 fully saturated rings. The van der Waals surface area contributed by atoms with Crippen LogP contribution in [-0.4, -0.2) is 49.6 Å². The number of nitrogens with zero attached hydrogens (tertiary/aromatic N) is 2. The van der Waals surface area contributed by atoms with Crippen molar-refractivity contribution < 1.29 is 9.53 Å². The van der Waals surface area contributed by atoms with Gasteiger partial charge in [0.05, 0.1) is 12.8 Å². The molecule has 0 saturated heterocycles. The maximum atomic E-state index is 11.4. The Morgan fingerprint density at radius 1 is 1.56 bits per heavy atom. The van der Waals surface area contributed by atoms with Crippen LogP contribution in [0.15, 0.2) is 12.1 Å². The molecule has 0 amide bonds. The molecule has 18 heavy (non-hydrogen) atoms. The number of ether oxygens (including phenoxy) is 1. The van der Waals surface area contributed by atoms with Crippen LogP contribution in [0.3, 0.4) is 0 Å². The summed E-state index contributed by atoms with van der Waals surface area (Å²) < 4.78 is 4.62. The fourth-order valence-electron chi connectivity index (χ4n) is 1.26. The number of hydrogen-bond acceptors (Lipinski definition) is 6. The van der Waals surface area contributed by atoms with Gasteiger partial charge in [0.1, 0.15) is 5.82 Å². The highest BCUT2D eigenvalue weighted by molar-refractivity contribution is 5.88. The van der Waals surface area contributed by atoms with Crippen LogP contribution in [0, 0.1) is 0 Å². The van der Waals surface area contributed by atoms with E-state index in [1.165, 1.54) is 7.11 Å². The third-order valence-electron chi connectivity index (χ3n) is 2.77. The van der Waals surface area contributed by atoms with Gasteiger partial charge in [-0.15, -0.1) is 0 Å². The van der Waals surface area contributed by atoms with Gasteiger partial charge < -0.3 is 20.7 Å². The molecule has 0 bridgehead atoms. The molecule has 0 aliphatic rings. The normalized spacial score (nSPS) is 12.3. The van der Waals surface area contributed by atoms with E-state index in [9.17, 15) is 4.79 Å². The van der Waals surface area contributed by atoms with Crippen LogP contribution < -0.4 is 11.1 Å². The summed E-state index contributed by atoms with van der Waals surface area (Å²) in [6.45, 7) is 2.77. The van der Waals surface area contributed by atoms with Crippen molar-refractivity contribution in [1.82, 2.24) is 9.88 Å². The number of rotatable bonds is 5. The fourth-order valence-corrected chi connectivity index (χ4v) is 1.26. The van der Waals surface area contributed by atoms with E-state index in [4.69, 9.17) is 5.73 Å². The summed E-state index contributed by atoms with van der Waals surface area (Å²) in [5.74, 6) is 0.0327. The molecule has 0 aliphatic heterocycles. The predicted molar refractivity (Wildman–Crippen MR) is 71.6 cm³/mol. The lowest BCUT2D eigenvalue weighted by Gasteiger charge is -2.20. The van der Waals surface area contributed by atoms with Crippen LogP contribution in [-0.2, 0) is 4.74 Å². The van der Waals surface area contributed by atoms with E-state index < -0.39 is 5.97 Å². The molecule has 6 heteroatoms. The molecule has 1 aromatic heterocycles. The highest BCUT2D eigenvalue weighted by atomic mass is 16.5. The quantitative estimate of drug-likeness (QED) is 0.755. The average Bonchev–Trinajstić information content (AvgIpc) is 2.36. The van der Waals surface area contributed by atoms with E-state index in [-0.39, 0.29) is 5.69 Å². The maximum Gasteiger partial charge on any atom is 0.356 e. The van der Waals surface area contributed by atoms with Crippen molar-refractivity contribution in [3.8, 4) is 0 Å². The molecule has 0 radical (unpaired) electrons. The Kier molecular flexibility index (Phi) is 4.91. The summed E-state index contributed by atoms with van der Waals surface area (Å²) in [7, 11) is 5.31. The Labute approximate surface area is 107 Å².